The SMILES string of the molecule is CCC=CC[SiH](C)C(c1ccccc1)(c1ccccc1)n1ccnc1. The fourth-order valence-electron chi connectivity index (χ4n) is 3.78. The van der Waals surface area contributed by atoms with Crippen LogP contribution in [-0.4, -0.2) is 18.3 Å². The molecule has 0 amide bonds. The topological polar surface area (TPSA) is 17.8 Å². The van der Waals surface area contributed by atoms with Gasteiger partial charge in [0.05, 0.1) is 20.3 Å². The molecule has 0 saturated carbocycles. The van der Waals surface area contributed by atoms with Crippen molar-refractivity contribution in [1.82, 2.24) is 9.55 Å². The number of benzene rings is 2. The van der Waals surface area contributed by atoms with Gasteiger partial charge in [-0.1, -0.05) is 86.3 Å². The third-order valence-corrected chi connectivity index (χ3v) is 8.32. The van der Waals surface area contributed by atoms with E-state index in [2.05, 4.69) is 102 Å². The fourth-order valence-corrected chi connectivity index (χ4v) is 6.90. The summed E-state index contributed by atoms with van der Waals surface area (Å²) in [6.07, 6.45) is 11.7. The Morgan fingerprint density at radius 1 is 0.960 bits per heavy atom. The number of rotatable bonds is 7. The maximum Gasteiger partial charge on any atom is 0.0954 e. The van der Waals surface area contributed by atoms with Gasteiger partial charge in [0.1, 0.15) is 0 Å². The van der Waals surface area contributed by atoms with Gasteiger partial charge in [-0.15, -0.1) is 0 Å². The molecule has 0 saturated heterocycles. The summed E-state index contributed by atoms with van der Waals surface area (Å²) in [6, 6.07) is 23.0. The molecule has 1 aromatic heterocycles. The highest BCUT2D eigenvalue weighted by molar-refractivity contribution is 6.62. The summed E-state index contributed by atoms with van der Waals surface area (Å²) in [5.74, 6) is 0. The average Bonchev–Trinajstić information content (AvgIpc) is 3.19. The summed E-state index contributed by atoms with van der Waals surface area (Å²) in [4.78, 5) is 4.39. The molecule has 3 aromatic rings. The maximum atomic E-state index is 4.39. The van der Waals surface area contributed by atoms with Crippen LogP contribution in [0.1, 0.15) is 24.5 Å². The minimum atomic E-state index is -1.29. The average molecular weight is 347 g/mol. The molecule has 1 atom stereocenters. The van der Waals surface area contributed by atoms with Gasteiger partial charge in [0.25, 0.3) is 0 Å². The van der Waals surface area contributed by atoms with Gasteiger partial charge in [-0.3, -0.25) is 0 Å². The number of hydrogen-bond donors (Lipinski definition) is 0. The molecule has 3 rings (SSSR count). The second-order valence-corrected chi connectivity index (χ2v) is 9.59. The van der Waals surface area contributed by atoms with Gasteiger partial charge in [0, 0.05) is 12.4 Å². The van der Waals surface area contributed by atoms with Gasteiger partial charge in [-0.05, 0) is 23.6 Å². The molecule has 2 nitrogen and oxygen atoms in total. The van der Waals surface area contributed by atoms with Gasteiger partial charge in [0.2, 0.25) is 0 Å². The highest BCUT2D eigenvalue weighted by Crippen LogP contribution is 2.38. The highest BCUT2D eigenvalue weighted by Gasteiger charge is 2.41. The van der Waals surface area contributed by atoms with E-state index in [9.17, 15) is 0 Å². The van der Waals surface area contributed by atoms with Crippen LogP contribution in [-0.2, 0) is 5.16 Å². The lowest BCUT2D eigenvalue weighted by molar-refractivity contribution is 0.583. The van der Waals surface area contributed by atoms with Crippen molar-refractivity contribution in [2.24, 2.45) is 0 Å². The van der Waals surface area contributed by atoms with Crippen molar-refractivity contribution in [1.29, 1.82) is 0 Å². The predicted octanol–water partition coefficient (Wildman–Crippen LogP) is 5.04. The molecule has 0 aliphatic rings. The summed E-state index contributed by atoms with van der Waals surface area (Å²) >= 11 is 0. The van der Waals surface area contributed by atoms with Gasteiger partial charge in [-0.25, -0.2) is 4.98 Å². The standard InChI is InChI=1S/C22H26N2Si/c1-3-4-11-18-25(2)22(24-17-16-23-19-24,20-12-7-5-8-13-20)21-14-9-6-10-15-21/h4-17,19,25H,3,18H2,1-2H3. The zero-order chi connectivity index (χ0) is 17.5. The molecule has 0 aliphatic carbocycles. The zero-order valence-corrected chi connectivity index (χ0v) is 16.2. The van der Waals surface area contributed by atoms with Gasteiger partial charge >= 0.3 is 0 Å². The number of imidazole rings is 1. The van der Waals surface area contributed by atoms with Crippen LogP contribution >= 0.6 is 0 Å². The van der Waals surface area contributed by atoms with Crippen LogP contribution in [0.15, 0.2) is 91.5 Å². The second kappa shape index (κ2) is 8.12. The Morgan fingerprint density at radius 3 is 2.04 bits per heavy atom. The largest absolute Gasteiger partial charge is 0.326 e. The molecule has 1 unspecified atom stereocenters. The Hall–Kier alpha value is -2.39. The van der Waals surface area contributed by atoms with Crippen molar-refractivity contribution in [2.75, 3.05) is 0 Å². The first kappa shape index (κ1) is 17.4. The lowest BCUT2D eigenvalue weighted by atomic mass is 9.97. The third kappa shape index (κ3) is 3.38. The van der Waals surface area contributed by atoms with Crippen molar-refractivity contribution >= 4 is 8.80 Å². The molecular formula is C22H26N2Si. The lowest BCUT2D eigenvalue weighted by Gasteiger charge is -2.41. The molecule has 1 heterocycles. The molecule has 0 radical (unpaired) electrons. The second-order valence-electron chi connectivity index (χ2n) is 6.48. The van der Waals surface area contributed by atoms with Crippen molar-refractivity contribution < 1.29 is 0 Å². The van der Waals surface area contributed by atoms with Crippen molar-refractivity contribution in [3.8, 4) is 0 Å². The molecule has 0 bridgehead atoms. The molecular weight excluding hydrogens is 320 g/mol. The van der Waals surface area contributed by atoms with E-state index in [4.69, 9.17) is 0 Å². The summed E-state index contributed by atoms with van der Waals surface area (Å²) < 4.78 is 2.33. The highest BCUT2D eigenvalue weighted by atomic mass is 28.3. The van der Waals surface area contributed by atoms with E-state index in [0.717, 1.165) is 12.5 Å². The first-order chi connectivity index (χ1) is 12.3. The molecule has 25 heavy (non-hydrogen) atoms. The van der Waals surface area contributed by atoms with E-state index in [-0.39, 0.29) is 5.16 Å². The minimum Gasteiger partial charge on any atom is -0.326 e. The molecule has 2 aromatic carbocycles. The van der Waals surface area contributed by atoms with E-state index < -0.39 is 8.80 Å². The summed E-state index contributed by atoms with van der Waals surface area (Å²) in [5, 5.41) is -0.142. The number of nitrogens with zero attached hydrogens (tertiary/aromatic N) is 2. The lowest BCUT2D eigenvalue weighted by Crippen LogP contribution is -2.48. The molecule has 128 valence electrons. The molecule has 0 aliphatic heterocycles. The molecule has 0 N–H and O–H groups in total. The summed E-state index contributed by atoms with van der Waals surface area (Å²) in [6.45, 7) is 4.67. The Balaban J connectivity index is 2.23. The predicted molar refractivity (Wildman–Crippen MR) is 109 cm³/mol. The Kier molecular flexibility index (Phi) is 5.66. The van der Waals surface area contributed by atoms with Crippen molar-refractivity contribution in [3.05, 3.63) is 103 Å². The zero-order valence-electron chi connectivity index (χ0n) is 15.0. The van der Waals surface area contributed by atoms with Crippen LogP contribution in [0.4, 0.5) is 0 Å². The fraction of sp³-hybridized carbons (Fsp3) is 0.227. The molecule has 0 fully saturated rings. The third-order valence-electron chi connectivity index (χ3n) is 4.94. The van der Waals surface area contributed by atoms with Crippen molar-refractivity contribution in [2.45, 2.75) is 31.1 Å². The quantitative estimate of drug-likeness (QED) is 0.433. The van der Waals surface area contributed by atoms with Gasteiger partial charge in [0.15, 0.2) is 0 Å². The van der Waals surface area contributed by atoms with Crippen LogP contribution in [0, 0.1) is 0 Å². The van der Waals surface area contributed by atoms with Crippen LogP contribution in [0.25, 0.3) is 0 Å². The number of allylic oxidation sites excluding steroid dienone is 2. The monoisotopic (exact) mass is 346 g/mol. The summed E-state index contributed by atoms with van der Waals surface area (Å²) in [5.41, 5.74) is 2.70. The Labute approximate surface area is 152 Å². The van der Waals surface area contributed by atoms with E-state index in [1.165, 1.54) is 11.1 Å². The van der Waals surface area contributed by atoms with E-state index in [1.54, 1.807) is 0 Å². The van der Waals surface area contributed by atoms with Crippen LogP contribution in [0.3, 0.4) is 0 Å². The van der Waals surface area contributed by atoms with E-state index in [0.29, 0.717) is 0 Å². The van der Waals surface area contributed by atoms with E-state index in [1.807, 2.05) is 12.5 Å². The first-order valence-corrected chi connectivity index (χ1v) is 11.6. The van der Waals surface area contributed by atoms with Crippen LogP contribution < -0.4 is 0 Å². The number of hydrogen-bond acceptors (Lipinski definition) is 1. The smallest absolute Gasteiger partial charge is 0.0954 e. The van der Waals surface area contributed by atoms with Crippen LogP contribution in [0.5, 0.6) is 0 Å². The molecule has 3 heteroatoms. The maximum absolute atomic E-state index is 4.39. The molecule has 0 spiro atoms. The minimum absolute atomic E-state index is 0.142. The Morgan fingerprint density at radius 2 is 1.56 bits per heavy atom. The van der Waals surface area contributed by atoms with Crippen LogP contribution in [0.2, 0.25) is 12.6 Å². The van der Waals surface area contributed by atoms with Gasteiger partial charge < -0.3 is 4.57 Å². The van der Waals surface area contributed by atoms with Gasteiger partial charge in [-0.2, -0.15) is 0 Å². The summed E-state index contributed by atoms with van der Waals surface area (Å²) in [7, 11) is -1.29. The first-order valence-electron chi connectivity index (χ1n) is 9.04. The Bertz CT molecular complexity index is 740. The normalized spacial score (nSPS) is 13.2. The number of aromatic nitrogens is 2. The van der Waals surface area contributed by atoms with E-state index >= 15 is 0 Å². The van der Waals surface area contributed by atoms with Crippen molar-refractivity contribution in [3.63, 3.8) is 0 Å².